The van der Waals surface area contributed by atoms with Crippen LogP contribution in [0.25, 0.3) is 0 Å². The van der Waals surface area contributed by atoms with Crippen LogP contribution in [0.4, 0.5) is 0 Å². The van der Waals surface area contributed by atoms with Crippen LogP contribution in [0.3, 0.4) is 0 Å². The number of hydrogen-bond acceptors (Lipinski definition) is 1. The zero-order valence-electron chi connectivity index (χ0n) is 9.54. The smallest absolute Gasteiger partial charge is 0.0838 e. The maximum absolute atomic E-state index is 10.0. The Morgan fingerprint density at radius 1 is 1.14 bits per heavy atom. The minimum Gasteiger partial charge on any atom is -0.388 e. The van der Waals surface area contributed by atoms with E-state index in [9.17, 15) is 5.11 Å². The van der Waals surface area contributed by atoms with Crippen molar-refractivity contribution in [1.29, 1.82) is 0 Å². The number of aliphatic hydroxyl groups is 1. The first-order chi connectivity index (χ1) is 6.45. The fraction of sp³-hybridized carbons (Fsp3) is 0.538. The van der Waals surface area contributed by atoms with E-state index in [1.165, 1.54) is 5.56 Å². The summed E-state index contributed by atoms with van der Waals surface area (Å²) >= 11 is 0. The van der Waals surface area contributed by atoms with E-state index < -0.39 is 0 Å². The second kappa shape index (κ2) is 4.14. The molecule has 0 heterocycles. The highest BCUT2D eigenvalue weighted by Gasteiger charge is 2.23. The monoisotopic (exact) mass is 192 g/mol. The molecule has 0 amide bonds. The highest BCUT2D eigenvalue weighted by Crippen LogP contribution is 2.32. The van der Waals surface area contributed by atoms with E-state index in [0.29, 0.717) is 0 Å². The first-order valence-electron chi connectivity index (χ1n) is 5.22. The molecule has 1 atom stereocenters. The summed E-state index contributed by atoms with van der Waals surface area (Å²) in [6, 6.07) is 8.22. The molecule has 0 spiro atoms. The summed E-state index contributed by atoms with van der Waals surface area (Å²) in [5, 5.41) is 10.0. The van der Waals surface area contributed by atoms with Crippen LogP contribution in [0.5, 0.6) is 0 Å². The Bertz CT molecular complexity index is 279. The molecule has 1 unspecified atom stereocenters. The molecule has 0 radical (unpaired) electrons. The van der Waals surface area contributed by atoms with Gasteiger partial charge in [0.15, 0.2) is 0 Å². The first kappa shape index (κ1) is 11.3. The average molecular weight is 192 g/mol. The van der Waals surface area contributed by atoms with E-state index >= 15 is 0 Å². The summed E-state index contributed by atoms with van der Waals surface area (Å²) in [6.45, 7) is 8.28. The molecule has 0 aliphatic carbocycles. The molecule has 1 rings (SSSR count). The predicted octanol–water partition coefficient (Wildman–Crippen LogP) is 3.33. The molecule has 78 valence electrons. The molecule has 0 aliphatic rings. The van der Waals surface area contributed by atoms with Crippen LogP contribution >= 0.6 is 0 Å². The third-order valence-electron chi connectivity index (χ3n) is 2.52. The minimum absolute atomic E-state index is 0.0896. The van der Waals surface area contributed by atoms with Gasteiger partial charge in [0.25, 0.3) is 0 Å². The Hall–Kier alpha value is -0.820. The van der Waals surface area contributed by atoms with E-state index in [2.05, 4.69) is 19.1 Å². The molecule has 1 heteroatoms. The third kappa shape index (κ3) is 2.58. The van der Waals surface area contributed by atoms with Crippen LogP contribution in [0, 0.1) is 5.41 Å². The molecule has 0 saturated carbocycles. The van der Waals surface area contributed by atoms with Gasteiger partial charge in [-0.15, -0.1) is 0 Å². The Labute approximate surface area is 86.8 Å². The number of hydrogen-bond donors (Lipinski definition) is 1. The highest BCUT2D eigenvalue weighted by atomic mass is 16.3. The molecule has 1 aromatic carbocycles. The van der Waals surface area contributed by atoms with Crippen molar-refractivity contribution in [2.24, 2.45) is 5.41 Å². The van der Waals surface area contributed by atoms with E-state index in [4.69, 9.17) is 0 Å². The largest absolute Gasteiger partial charge is 0.388 e. The van der Waals surface area contributed by atoms with Gasteiger partial charge >= 0.3 is 0 Å². The SMILES string of the molecule is CCc1ccc(C(O)C(C)(C)C)cc1. The van der Waals surface area contributed by atoms with Gasteiger partial charge in [0, 0.05) is 0 Å². The maximum atomic E-state index is 10.0. The fourth-order valence-corrected chi connectivity index (χ4v) is 1.44. The second-order valence-corrected chi connectivity index (χ2v) is 4.86. The first-order valence-corrected chi connectivity index (χ1v) is 5.22. The van der Waals surface area contributed by atoms with Gasteiger partial charge in [0.1, 0.15) is 0 Å². The molecule has 1 nitrogen and oxygen atoms in total. The summed E-state index contributed by atoms with van der Waals surface area (Å²) in [5.74, 6) is 0. The molecule has 1 N–H and O–H groups in total. The van der Waals surface area contributed by atoms with Crippen LogP contribution < -0.4 is 0 Å². The van der Waals surface area contributed by atoms with Crippen molar-refractivity contribution >= 4 is 0 Å². The van der Waals surface area contributed by atoms with Crippen molar-refractivity contribution in [1.82, 2.24) is 0 Å². The van der Waals surface area contributed by atoms with Crippen molar-refractivity contribution in [3.63, 3.8) is 0 Å². The lowest BCUT2D eigenvalue weighted by molar-refractivity contribution is 0.0627. The molecular weight excluding hydrogens is 172 g/mol. The van der Waals surface area contributed by atoms with Gasteiger partial charge in [0.05, 0.1) is 6.10 Å². The van der Waals surface area contributed by atoms with Crippen LogP contribution in [0.2, 0.25) is 0 Å². The van der Waals surface area contributed by atoms with Crippen molar-refractivity contribution < 1.29 is 5.11 Å². The van der Waals surface area contributed by atoms with Crippen LogP contribution in [-0.4, -0.2) is 5.11 Å². The predicted molar refractivity (Wildman–Crippen MR) is 60.2 cm³/mol. The van der Waals surface area contributed by atoms with Gasteiger partial charge in [-0.3, -0.25) is 0 Å². The second-order valence-electron chi connectivity index (χ2n) is 4.86. The van der Waals surface area contributed by atoms with Crippen LogP contribution in [-0.2, 0) is 6.42 Å². The summed E-state index contributed by atoms with van der Waals surface area (Å²) in [4.78, 5) is 0. The Balaban J connectivity index is 2.87. The van der Waals surface area contributed by atoms with Crippen molar-refractivity contribution in [3.8, 4) is 0 Å². The molecular formula is C13H20O. The fourth-order valence-electron chi connectivity index (χ4n) is 1.44. The van der Waals surface area contributed by atoms with Crippen LogP contribution in [0.1, 0.15) is 44.9 Å². The molecule has 14 heavy (non-hydrogen) atoms. The molecule has 0 aliphatic heterocycles. The number of benzene rings is 1. The third-order valence-corrected chi connectivity index (χ3v) is 2.52. The maximum Gasteiger partial charge on any atom is 0.0838 e. The standard InChI is InChI=1S/C13H20O/c1-5-10-6-8-11(9-7-10)12(14)13(2,3)4/h6-9,12,14H,5H2,1-4H3. The van der Waals surface area contributed by atoms with Gasteiger partial charge in [-0.2, -0.15) is 0 Å². The van der Waals surface area contributed by atoms with E-state index in [-0.39, 0.29) is 11.5 Å². The van der Waals surface area contributed by atoms with Gasteiger partial charge in [-0.1, -0.05) is 52.0 Å². The average Bonchev–Trinajstić information content (AvgIpc) is 2.15. The normalized spacial score (nSPS) is 14.1. The zero-order chi connectivity index (χ0) is 10.8. The zero-order valence-corrected chi connectivity index (χ0v) is 9.54. The number of rotatable bonds is 2. The lowest BCUT2D eigenvalue weighted by Crippen LogP contribution is -2.17. The van der Waals surface area contributed by atoms with E-state index in [0.717, 1.165) is 12.0 Å². The summed E-state index contributed by atoms with van der Waals surface area (Å²) in [7, 11) is 0. The minimum atomic E-state index is -0.381. The Morgan fingerprint density at radius 2 is 1.64 bits per heavy atom. The molecule has 0 saturated heterocycles. The molecule has 1 aromatic rings. The highest BCUT2D eigenvalue weighted by molar-refractivity contribution is 5.25. The number of aliphatic hydroxyl groups excluding tert-OH is 1. The summed E-state index contributed by atoms with van der Waals surface area (Å²) in [6.07, 6.45) is 0.666. The lowest BCUT2D eigenvalue weighted by atomic mass is 9.84. The lowest BCUT2D eigenvalue weighted by Gasteiger charge is -2.26. The van der Waals surface area contributed by atoms with E-state index in [1.807, 2.05) is 32.9 Å². The van der Waals surface area contributed by atoms with Gasteiger partial charge in [-0.05, 0) is 23.0 Å². The quantitative estimate of drug-likeness (QED) is 0.762. The van der Waals surface area contributed by atoms with E-state index in [1.54, 1.807) is 0 Å². The topological polar surface area (TPSA) is 20.2 Å². The van der Waals surface area contributed by atoms with Crippen LogP contribution in [0.15, 0.2) is 24.3 Å². The molecule has 0 aromatic heterocycles. The van der Waals surface area contributed by atoms with Crippen molar-refractivity contribution in [2.75, 3.05) is 0 Å². The summed E-state index contributed by atoms with van der Waals surface area (Å²) in [5.41, 5.74) is 2.23. The van der Waals surface area contributed by atoms with Gasteiger partial charge in [0.2, 0.25) is 0 Å². The number of aryl methyl sites for hydroxylation is 1. The Kier molecular flexibility index (Phi) is 3.33. The van der Waals surface area contributed by atoms with Crippen molar-refractivity contribution in [2.45, 2.75) is 40.2 Å². The molecule has 0 fully saturated rings. The van der Waals surface area contributed by atoms with Gasteiger partial charge in [-0.25, -0.2) is 0 Å². The Morgan fingerprint density at radius 3 is 2.00 bits per heavy atom. The van der Waals surface area contributed by atoms with Crippen molar-refractivity contribution in [3.05, 3.63) is 35.4 Å². The summed E-state index contributed by atoms with van der Waals surface area (Å²) < 4.78 is 0. The molecule has 0 bridgehead atoms. The van der Waals surface area contributed by atoms with Gasteiger partial charge < -0.3 is 5.11 Å².